The Hall–Kier alpha value is -1.22. The van der Waals surface area contributed by atoms with Crippen molar-refractivity contribution in [3.05, 3.63) is 23.8 Å². The molecule has 7 heteroatoms. The quantitative estimate of drug-likeness (QED) is 0.348. The summed E-state index contributed by atoms with van der Waals surface area (Å²) in [5, 5.41) is 16.8. The molecule has 6 nitrogen and oxygen atoms in total. The maximum Gasteiger partial charge on any atom is 0.191 e. The Bertz CT molecular complexity index is 521. The molecule has 1 saturated carbocycles. The summed E-state index contributed by atoms with van der Waals surface area (Å²) in [5.74, 6) is 2.00. The van der Waals surface area contributed by atoms with Gasteiger partial charge in [0.15, 0.2) is 17.5 Å². The number of aliphatic imine (C=N–C) groups is 1. The van der Waals surface area contributed by atoms with Gasteiger partial charge in [0, 0.05) is 12.6 Å². The average molecular weight is 435 g/mol. The second-order valence-electron chi connectivity index (χ2n) is 5.27. The number of methoxy groups -OCH3 is 2. The fraction of sp³-hybridized carbons (Fsp3) is 0.562. The van der Waals surface area contributed by atoms with Crippen molar-refractivity contribution in [1.29, 1.82) is 0 Å². The standard InChI is InChI=1S/C16H25N3O3.HI/c1-4-17-16(19-12-6-7-12)18-10-13(20)11-5-8-14(21-2)15(9-11)22-3;/h5,8-9,12-13,20H,4,6-7,10H2,1-3H3,(H2,17,18,19);1H. The zero-order chi connectivity index (χ0) is 15.9. The van der Waals surface area contributed by atoms with Gasteiger partial charge in [0.1, 0.15) is 0 Å². The molecule has 0 amide bonds. The highest BCUT2D eigenvalue weighted by atomic mass is 127. The normalized spacial score (nSPS) is 15.4. The van der Waals surface area contributed by atoms with Crippen LogP contribution < -0.4 is 20.1 Å². The van der Waals surface area contributed by atoms with Crippen LogP contribution in [0.5, 0.6) is 11.5 Å². The summed E-state index contributed by atoms with van der Waals surface area (Å²) in [7, 11) is 3.17. The second kappa shape index (κ2) is 9.82. The van der Waals surface area contributed by atoms with Gasteiger partial charge in [0.25, 0.3) is 0 Å². The van der Waals surface area contributed by atoms with Crippen LogP contribution in [-0.4, -0.2) is 44.4 Å². The third-order valence-electron chi connectivity index (χ3n) is 3.48. The average Bonchev–Trinajstić information content (AvgIpc) is 3.35. The molecule has 3 N–H and O–H groups in total. The molecule has 1 unspecified atom stereocenters. The molecule has 1 aromatic rings. The molecular weight excluding hydrogens is 409 g/mol. The summed E-state index contributed by atoms with van der Waals surface area (Å²) in [6.07, 6.45) is 1.68. The highest BCUT2D eigenvalue weighted by molar-refractivity contribution is 14.0. The first-order chi connectivity index (χ1) is 10.7. The molecule has 0 aliphatic heterocycles. The van der Waals surface area contributed by atoms with E-state index in [4.69, 9.17) is 9.47 Å². The molecule has 1 aromatic carbocycles. The van der Waals surface area contributed by atoms with Gasteiger partial charge in [-0.2, -0.15) is 0 Å². The number of nitrogens with one attached hydrogen (secondary N) is 2. The number of aliphatic hydroxyl groups excluding tert-OH is 1. The van der Waals surface area contributed by atoms with E-state index in [0.717, 1.165) is 18.1 Å². The van der Waals surface area contributed by atoms with Crippen molar-refractivity contribution in [3.63, 3.8) is 0 Å². The number of nitrogens with zero attached hydrogens (tertiary/aromatic N) is 1. The van der Waals surface area contributed by atoms with Crippen LogP contribution in [0.15, 0.2) is 23.2 Å². The van der Waals surface area contributed by atoms with Crippen LogP contribution in [0, 0.1) is 0 Å². The summed E-state index contributed by atoms with van der Waals surface area (Å²) in [5.41, 5.74) is 0.753. The van der Waals surface area contributed by atoms with E-state index in [-0.39, 0.29) is 30.5 Å². The molecule has 0 aromatic heterocycles. The van der Waals surface area contributed by atoms with Gasteiger partial charge in [-0.3, -0.25) is 4.99 Å². The summed E-state index contributed by atoms with van der Waals surface area (Å²) in [6.45, 7) is 3.11. The largest absolute Gasteiger partial charge is 0.493 e. The molecule has 1 atom stereocenters. The fourth-order valence-corrected chi connectivity index (χ4v) is 2.08. The lowest BCUT2D eigenvalue weighted by atomic mass is 10.1. The summed E-state index contributed by atoms with van der Waals surface area (Å²) in [4.78, 5) is 4.44. The van der Waals surface area contributed by atoms with Crippen molar-refractivity contribution in [2.24, 2.45) is 4.99 Å². The number of hydrogen-bond donors (Lipinski definition) is 3. The first-order valence-corrected chi connectivity index (χ1v) is 7.62. The van der Waals surface area contributed by atoms with Crippen LogP contribution >= 0.6 is 24.0 Å². The van der Waals surface area contributed by atoms with Gasteiger partial charge in [0.05, 0.1) is 26.9 Å². The zero-order valence-electron chi connectivity index (χ0n) is 13.8. The van der Waals surface area contributed by atoms with Crippen LogP contribution in [0.1, 0.15) is 31.4 Å². The first kappa shape index (κ1) is 19.8. The molecule has 0 heterocycles. The van der Waals surface area contributed by atoms with Crippen molar-refractivity contribution in [2.75, 3.05) is 27.3 Å². The van der Waals surface area contributed by atoms with Crippen LogP contribution in [0.2, 0.25) is 0 Å². The van der Waals surface area contributed by atoms with Gasteiger partial charge >= 0.3 is 0 Å². The van der Waals surface area contributed by atoms with E-state index >= 15 is 0 Å². The molecule has 2 rings (SSSR count). The van der Waals surface area contributed by atoms with Gasteiger partial charge in [-0.15, -0.1) is 24.0 Å². The van der Waals surface area contributed by atoms with Crippen LogP contribution in [-0.2, 0) is 0 Å². The SMILES string of the molecule is CCNC(=NCC(O)c1ccc(OC)c(OC)c1)NC1CC1.I. The Morgan fingerprint density at radius 2 is 2.00 bits per heavy atom. The van der Waals surface area contributed by atoms with Gasteiger partial charge in [-0.1, -0.05) is 6.07 Å². The maximum atomic E-state index is 10.3. The van der Waals surface area contributed by atoms with Crippen molar-refractivity contribution in [1.82, 2.24) is 10.6 Å². The van der Waals surface area contributed by atoms with Crippen molar-refractivity contribution in [3.8, 4) is 11.5 Å². The maximum absolute atomic E-state index is 10.3. The number of rotatable bonds is 7. The summed E-state index contributed by atoms with van der Waals surface area (Å²) in [6, 6.07) is 5.91. The van der Waals surface area contributed by atoms with Crippen LogP contribution in [0.25, 0.3) is 0 Å². The second-order valence-corrected chi connectivity index (χ2v) is 5.27. The molecular formula is C16H26IN3O3. The highest BCUT2D eigenvalue weighted by Crippen LogP contribution is 2.30. The van der Waals surface area contributed by atoms with Crippen molar-refractivity contribution in [2.45, 2.75) is 31.9 Å². The van der Waals surface area contributed by atoms with Gasteiger partial charge in [-0.25, -0.2) is 0 Å². The molecule has 23 heavy (non-hydrogen) atoms. The van der Waals surface area contributed by atoms with Crippen LogP contribution in [0.4, 0.5) is 0 Å². The van der Waals surface area contributed by atoms with E-state index in [1.807, 2.05) is 13.0 Å². The predicted octanol–water partition coefficient (Wildman–Crippen LogP) is 2.07. The monoisotopic (exact) mass is 435 g/mol. The molecule has 0 spiro atoms. The third-order valence-corrected chi connectivity index (χ3v) is 3.48. The summed E-state index contributed by atoms with van der Waals surface area (Å²) >= 11 is 0. The van der Waals surface area contributed by atoms with E-state index in [1.165, 1.54) is 12.8 Å². The number of aliphatic hydroxyl groups is 1. The molecule has 0 radical (unpaired) electrons. The van der Waals surface area contributed by atoms with E-state index in [9.17, 15) is 5.11 Å². The Morgan fingerprint density at radius 3 is 2.57 bits per heavy atom. The lowest BCUT2D eigenvalue weighted by Crippen LogP contribution is -2.38. The van der Waals surface area contributed by atoms with Crippen LogP contribution in [0.3, 0.4) is 0 Å². The van der Waals surface area contributed by atoms with Crippen molar-refractivity contribution >= 4 is 29.9 Å². The zero-order valence-corrected chi connectivity index (χ0v) is 16.2. The number of benzene rings is 1. The fourth-order valence-electron chi connectivity index (χ4n) is 2.08. The smallest absolute Gasteiger partial charge is 0.191 e. The summed E-state index contributed by atoms with van der Waals surface area (Å²) < 4.78 is 10.5. The van der Waals surface area contributed by atoms with Gasteiger partial charge < -0.3 is 25.2 Å². The third kappa shape index (κ3) is 6.06. The van der Waals surface area contributed by atoms with Crippen molar-refractivity contribution < 1.29 is 14.6 Å². The minimum Gasteiger partial charge on any atom is -0.493 e. The Morgan fingerprint density at radius 1 is 1.30 bits per heavy atom. The van der Waals surface area contributed by atoms with E-state index < -0.39 is 6.10 Å². The number of halogens is 1. The van der Waals surface area contributed by atoms with Gasteiger partial charge in [0.2, 0.25) is 0 Å². The molecule has 1 aliphatic rings. The molecule has 130 valence electrons. The number of ether oxygens (including phenoxy) is 2. The Balaban J connectivity index is 0.00000264. The minimum absolute atomic E-state index is 0. The lowest BCUT2D eigenvalue weighted by Gasteiger charge is -2.14. The molecule has 0 bridgehead atoms. The van der Waals surface area contributed by atoms with E-state index in [2.05, 4.69) is 15.6 Å². The van der Waals surface area contributed by atoms with E-state index in [1.54, 1.807) is 26.4 Å². The predicted molar refractivity (Wildman–Crippen MR) is 102 cm³/mol. The Labute approximate surface area is 154 Å². The van der Waals surface area contributed by atoms with Gasteiger partial charge in [-0.05, 0) is 37.5 Å². The Kier molecular flexibility index (Phi) is 8.46. The minimum atomic E-state index is -0.686. The highest BCUT2D eigenvalue weighted by Gasteiger charge is 2.22. The molecule has 1 fully saturated rings. The van der Waals surface area contributed by atoms with E-state index in [0.29, 0.717) is 17.5 Å². The lowest BCUT2D eigenvalue weighted by molar-refractivity contribution is 0.186. The number of guanidine groups is 1. The topological polar surface area (TPSA) is 75.1 Å². The molecule has 0 saturated heterocycles. The number of hydrogen-bond acceptors (Lipinski definition) is 4. The first-order valence-electron chi connectivity index (χ1n) is 7.62. The molecule has 1 aliphatic carbocycles.